The van der Waals surface area contributed by atoms with Gasteiger partial charge in [-0.2, -0.15) is 0 Å². The van der Waals surface area contributed by atoms with Crippen molar-refractivity contribution in [2.24, 2.45) is 0 Å². The van der Waals surface area contributed by atoms with Gasteiger partial charge in [-0.05, 0) is 53.9 Å². The van der Waals surface area contributed by atoms with Crippen LogP contribution in [0.5, 0.6) is 0 Å². The summed E-state index contributed by atoms with van der Waals surface area (Å²) >= 11 is 1.14. The van der Waals surface area contributed by atoms with Crippen molar-refractivity contribution in [1.82, 2.24) is 4.98 Å². The maximum absolute atomic E-state index is 13.4. The van der Waals surface area contributed by atoms with Gasteiger partial charge in [-0.25, -0.2) is 22.6 Å². The van der Waals surface area contributed by atoms with Crippen LogP contribution >= 0.6 is 11.3 Å². The molecule has 0 radical (unpaired) electrons. The normalized spacial score (nSPS) is 11.4. The summed E-state index contributed by atoms with van der Waals surface area (Å²) in [6.45, 7) is 0. The van der Waals surface area contributed by atoms with Gasteiger partial charge < -0.3 is 9.73 Å². The molecule has 152 valence electrons. The first-order valence-corrected chi connectivity index (χ1v) is 10.8. The lowest BCUT2D eigenvalue weighted by Gasteiger charge is -2.08. The minimum atomic E-state index is -3.82. The van der Waals surface area contributed by atoms with Gasteiger partial charge in [0.25, 0.3) is 15.9 Å². The summed E-state index contributed by atoms with van der Waals surface area (Å²) in [5.74, 6) is -1.60. The zero-order chi connectivity index (χ0) is 21.3. The zero-order valence-electron chi connectivity index (χ0n) is 15.0. The van der Waals surface area contributed by atoms with Gasteiger partial charge in [0, 0.05) is 17.3 Å². The maximum atomic E-state index is 13.4. The number of nitrogens with one attached hydrogen (secondary N) is 2. The van der Waals surface area contributed by atoms with Crippen LogP contribution in [0.25, 0.3) is 10.8 Å². The number of sulfonamides is 1. The summed E-state index contributed by atoms with van der Waals surface area (Å²) in [4.78, 5) is 28.3. The SMILES string of the molecule is O=C(Nc1ccc(S(=O)(=O)Nc2nccs2)cc1)c1cc2cc(F)ccc2c(=O)o1. The van der Waals surface area contributed by atoms with Crippen LogP contribution in [0.2, 0.25) is 0 Å². The average molecular weight is 445 g/mol. The zero-order valence-corrected chi connectivity index (χ0v) is 16.6. The van der Waals surface area contributed by atoms with Crippen molar-refractivity contribution < 1.29 is 22.0 Å². The molecule has 0 saturated heterocycles. The van der Waals surface area contributed by atoms with E-state index in [0.717, 1.165) is 23.5 Å². The number of hydrogen-bond acceptors (Lipinski definition) is 7. The van der Waals surface area contributed by atoms with Gasteiger partial charge in [0.15, 0.2) is 10.9 Å². The molecule has 0 bridgehead atoms. The second-order valence-electron chi connectivity index (χ2n) is 6.05. The molecular formula is C19H12FN3O5S2. The van der Waals surface area contributed by atoms with E-state index in [9.17, 15) is 22.4 Å². The second-order valence-corrected chi connectivity index (χ2v) is 8.63. The van der Waals surface area contributed by atoms with Crippen molar-refractivity contribution in [3.63, 3.8) is 0 Å². The molecule has 0 aliphatic rings. The first kappa shape index (κ1) is 19.7. The molecule has 11 heteroatoms. The van der Waals surface area contributed by atoms with Gasteiger partial charge in [-0.15, -0.1) is 11.3 Å². The number of carbonyl (C=O) groups excluding carboxylic acids is 1. The Morgan fingerprint density at radius 2 is 1.87 bits per heavy atom. The molecule has 1 amide bonds. The van der Waals surface area contributed by atoms with E-state index in [1.165, 1.54) is 42.6 Å². The number of thiazole rings is 1. The second kappa shape index (κ2) is 7.69. The minimum Gasteiger partial charge on any atom is -0.417 e. The number of halogens is 1. The highest BCUT2D eigenvalue weighted by Gasteiger charge is 2.17. The van der Waals surface area contributed by atoms with Crippen molar-refractivity contribution in [3.8, 4) is 0 Å². The number of anilines is 2. The van der Waals surface area contributed by atoms with Crippen LogP contribution < -0.4 is 15.7 Å². The van der Waals surface area contributed by atoms with Gasteiger partial charge in [0.05, 0.1) is 10.3 Å². The van der Waals surface area contributed by atoms with E-state index in [4.69, 9.17) is 4.42 Å². The summed E-state index contributed by atoms with van der Waals surface area (Å²) in [5, 5.41) is 4.74. The fraction of sp³-hybridized carbons (Fsp3) is 0. The summed E-state index contributed by atoms with van der Waals surface area (Å²) < 4.78 is 45.4. The number of fused-ring (bicyclic) bond motifs is 1. The number of rotatable bonds is 5. The largest absolute Gasteiger partial charge is 0.417 e. The van der Waals surface area contributed by atoms with Crippen molar-refractivity contribution in [1.29, 1.82) is 0 Å². The standard InChI is InChI=1S/C19H12FN3O5S2/c20-12-1-6-15-11(9-12)10-16(28-18(15)25)17(24)22-13-2-4-14(5-3-13)30(26,27)23-19-21-7-8-29-19/h1-10H,(H,21,23)(H,22,24). The Morgan fingerprint density at radius 1 is 1.10 bits per heavy atom. The number of hydrogen-bond donors (Lipinski definition) is 2. The van der Waals surface area contributed by atoms with Crippen LogP contribution in [0.15, 0.2) is 74.2 Å². The lowest BCUT2D eigenvalue weighted by molar-refractivity contribution is 0.0993. The molecule has 0 fully saturated rings. The number of nitrogens with zero attached hydrogens (tertiary/aromatic N) is 1. The Hall–Kier alpha value is -3.57. The molecule has 0 aliphatic heterocycles. The number of benzene rings is 2. The van der Waals surface area contributed by atoms with E-state index < -0.39 is 27.4 Å². The summed E-state index contributed by atoms with van der Waals surface area (Å²) in [7, 11) is -3.82. The Kier molecular flexibility index (Phi) is 5.06. The molecular weight excluding hydrogens is 433 g/mol. The molecule has 8 nitrogen and oxygen atoms in total. The molecule has 0 spiro atoms. The molecule has 0 atom stereocenters. The van der Waals surface area contributed by atoms with Crippen LogP contribution in [0, 0.1) is 5.82 Å². The van der Waals surface area contributed by atoms with Crippen LogP contribution in [0.1, 0.15) is 10.6 Å². The molecule has 2 aromatic carbocycles. The van der Waals surface area contributed by atoms with Crippen LogP contribution in [0.4, 0.5) is 15.2 Å². The van der Waals surface area contributed by atoms with Gasteiger partial charge in [-0.3, -0.25) is 9.52 Å². The topological polar surface area (TPSA) is 118 Å². The summed E-state index contributed by atoms with van der Waals surface area (Å²) in [6.07, 6.45) is 1.47. The monoisotopic (exact) mass is 445 g/mol. The van der Waals surface area contributed by atoms with Crippen LogP contribution in [0.3, 0.4) is 0 Å². The van der Waals surface area contributed by atoms with E-state index in [-0.39, 0.29) is 32.2 Å². The fourth-order valence-electron chi connectivity index (χ4n) is 2.63. The third kappa shape index (κ3) is 4.07. The predicted molar refractivity (Wildman–Crippen MR) is 110 cm³/mol. The van der Waals surface area contributed by atoms with E-state index in [1.807, 2.05) is 0 Å². The quantitative estimate of drug-likeness (QED) is 0.486. The maximum Gasteiger partial charge on any atom is 0.344 e. The van der Waals surface area contributed by atoms with E-state index >= 15 is 0 Å². The third-order valence-corrected chi connectivity index (χ3v) is 6.20. The molecule has 2 aromatic heterocycles. The lowest BCUT2D eigenvalue weighted by atomic mass is 10.1. The molecule has 0 unspecified atom stereocenters. The molecule has 2 heterocycles. The third-order valence-electron chi connectivity index (χ3n) is 4.02. The Morgan fingerprint density at radius 3 is 2.57 bits per heavy atom. The molecule has 30 heavy (non-hydrogen) atoms. The molecule has 4 rings (SSSR count). The van der Waals surface area contributed by atoms with Gasteiger partial charge in [0.1, 0.15) is 5.82 Å². The number of carbonyl (C=O) groups is 1. The highest BCUT2D eigenvalue weighted by atomic mass is 32.2. The van der Waals surface area contributed by atoms with Gasteiger partial charge in [0.2, 0.25) is 0 Å². The Bertz CT molecular complexity index is 1400. The van der Waals surface area contributed by atoms with Gasteiger partial charge >= 0.3 is 5.63 Å². The highest BCUT2D eigenvalue weighted by molar-refractivity contribution is 7.93. The van der Waals surface area contributed by atoms with E-state index in [1.54, 1.807) is 5.38 Å². The Labute approximate surface area is 173 Å². The van der Waals surface area contributed by atoms with Gasteiger partial charge in [-0.1, -0.05) is 0 Å². The van der Waals surface area contributed by atoms with Crippen LogP contribution in [-0.2, 0) is 10.0 Å². The highest BCUT2D eigenvalue weighted by Crippen LogP contribution is 2.20. The predicted octanol–water partition coefficient (Wildman–Crippen LogP) is 3.44. The fourth-order valence-corrected chi connectivity index (χ4v) is 4.42. The average Bonchev–Trinajstić information content (AvgIpc) is 3.20. The van der Waals surface area contributed by atoms with E-state index in [2.05, 4.69) is 15.0 Å². The Balaban J connectivity index is 1.54. The van der Waals surface area contributed by atoms with E-state index in [0.29, 0.717) is 0 Å². The summed E-state index contributed by atoms with van der Waals surface area (Å²) in [5.41, 5.74) is -0.498. The number of amides is 1. The first-order valence-electron chi connectivity index (χ1n) is 8.39. The van der Waals surface area contributed by atoms with Crippen molar-refractivity contribution in [3.05, 3.63) is 82.1 Å². The molecule has 2 N–H and O–H groups in total. The molecule has 0 aliphatic carbocycles. The number of aromatic nitrogens is 1. The van der Waals surface area contributed by atoms with Crippen LogP contribution in [-0.4, -0.2) is 19.3 Å². The first-order chi connectivity index (χ1) is 14.3. The van der Waals surface area contributed by atoms with Crippen molar-refractivity contribution >= 4 is 48.9 Å². The molecule has 4 aromatic rings. The summed E-state index contributed by atoms with van der Waals surface area (Å²) in [6, 6.07) is 10.1. The van der Waals surface area contributed by atoms with Crippen molar-refractivity contribution in [2.75, 3.05) is 10.0 Å². The minimum absolute atomic E-state index is 0.0246. The smallest absolute Gasteiger partial charge is 0.344 e. The lowest BCUT2D eigenvalue weighted by Crippen LogP contribution is -2.15. The van der Waals surface area contributed by atoms with Crippen molar-refractivity contribution in [2.45, 2.75) is 4.90 Å². The molecule has 0 saturated carbocycles.